The third-order valence-electron chi connectivity index (χ3n) is 5.21. The van der Waals surface area contributed by atoms with Crippen molar-refractivity contribution >= 4 is 50.2 Å². The lowest BCUT2D eigenvalue weighted by Crippen LogP contribution is -2.17. The zero-order valence-corrected chi connectivity index (χ0v) is 22.0. The molecule has 39 heavy (non-hydrogen) atoms. The SMILES string of the molecule is CCOC1=NC(c2nc3nnc(NS(=O)(=O)Cc4ncc(Cl)cn4)cc3n2-c2c(O)cccc2OC)=C=C=C1. The van der Waals surface area contributed by atoms with Gasteiger partial charge in [0.25, 0.3) is 0 Å². The number of imidazole rings is 1. The van der Waals surface area contributed by atoms with E-state index >= 15 is 0 Å². The van der Waals surface area contributed by atoms with E-state index in [1.54, 1.807) is 12.1 Å². The van der Waals surface area contributed by atoms with E-state index < -0.39 is 15.8 Å². The predicted molar refractivity (Wildman–Crippen MR) is 142 cm³/mol. The first kappa shape index (κ1) is 25.9. The highest BCUT2D eigenvalue weighted by atomic mass is 35.5. The monoisotopic (exact) mass is 566 g/mol. The Morgan fingerprint density at radius 2 is 2.00 bits per heavy atom. The van der Waals surface area contributed by atoms with Crippen LogP contribution in [0.1, 0.15) is 18.6 Å². The average Bonchev–Trinajstić information content (AvgIpc) is 3.28. The van der Waals surface area contributed by atoms with Crippen molar-refractivity contribution in [3.8, 4) is 17.2 Å². The van der Waals surface area contributed by atoms with E-state index in [0.29, 0.717) is 12.4 Å². The van der Waals surface area contributed by atoms with Crippen LogP contribution >= 0.6 is 11.6 Å². The van der Waals surface area contributed by atoms with Crippen molar-refractivity contribution in [1.29, 1.82) is 0 Å². The Kier molecular flexibility index (Phi) is 7.01. The molecule has 5 rings (SSSR count). The number of aromatic hydroxyl groups is 1. The number of nitrogens with one attached hydrogen (secondary N) is 1. The Bertz CT molecular complexity index is 1820. The number of benzene rings is 1. The Labute approximate surface area is 226 Å². The van der Waals surface area contributed by atoms with Crippen LogP contribution in [0.2, 0.25) is 5.02 Å². The number of phenolic OH excluding ortho intramolecular Hbond substituents is 1. The maximum Gasteiger partial charge on any atom is 0.241 e. The summed E-state index contributed by atoms with van der Waals surface area (Å²) in [6.07, 6.45) is 4.12. The second-order valence-corrected chi connectivity index (χ2v) is 10.0. The number of fused-ring (bicyclic) bond motifs is 1. The molecule has 4 heterocycles. The molecule has 15 heteroatoms. The van der Waals surface area contributed by atoms with Crippen LogP contribution in [0.25, 0.3) is 22.5 Å². The highest BCUT2D eigenvalue weighted by Crippen LogP contribution is 2.37. The summed E-state index contributed by atoms with van der Waals surface area (Å²) in [6.45, 7) is 2.20. The third kappa shape index (κ3) is 5.44. The van der Waals surface area contributed by atoms with Crippen LogP contribution in [0, 0.1) is 0 Å². The first-order valence-electron chi connectivity index (χ1n) is 11.3. The number of methoxy groups -OCH3 is 1. The summed E-state index contributed by atoms with van der Waals surface area (Å²) in [6, 6.07) is 6.15. The third-order valence-corrected chi connectivity index (χ3v) is 6.56. The molecule has 4 aromatic rings. The van der Waals surface area contributed by atoms with Crippen molar-refractivity contribution in [1.82, 2.24) is 29.7 Å². The number of rotatable bonds is 8. The zero-order valence-electron chi connectivity index (χ0n) is 20.5. The van der Waals surface area contributed by atoms with E-state index in [9.17, 15) is 13.5 Å². The summed E-state index contributed by atoms with van der Waals surface area (Å²) in [5.41, 5.74) is 6.60. The molecule has 0 unspecified atom stereocenters. The van der Waals surface area contributed by atoms with Crippen LogP contribution in [0.5, 0.6) is 11.5 Å². The Hall–Kier alpha value is -4.74. The number of phenols is 1. The summed E-state index contributed by atoms with van der Waals surface area (Å²) in [4.78, 5) is 16.8. The van der Waals surface area contributed by atoms with Crippen LogP contribution in [-0.2, 0) is 20.5 Å². The number of hydrogen-bond acceptors (Lipinski definition) is 11. The summed E-state index contributed by atoms with van der Waals surface area (Å²) >= 11 is 5.78. The van der Waals surface area contributed by atoms with Gasteiger partial charge in [-0.1, -0.05) is 23.4 Å². The zero-order chi connectivity index (χ0) is 27.6. The molecule has 1 aliphatic rings. The van der Waals surface area contributed by atoms with Crippen LogP contribution in [0.15, 0.2) is 59.2 Å². The topological polar surface area (TPSA) is 167 Å². The minimum Gasteiger partial charge on any atom is -0.506 e. The van der Waals surface area contributed by atoms with Crippen LogP contribution in [-0.4, -0.2) is 62.9 Å². The molecule has 1 aliphatic heterocycles. The second-order valence-electron chi connectivity index (χ2n) is 7.86. The molecule has 1 aromatic carbocycles. The van der Waals surface area contributed by atoms with Gasteiger partial charge in [-0.05, 0) is 24.8 Å². The molecule has 0 saturated carbocycles. The van der Waals surface area contributed by atoms with Gasteiger partial charge in [-0.2, -0.15) is 0 Å². The maximum absolute atomic E-state index is 12.8. The maximum atomic E-state index is 12.8. The molecule has 0 amide bonds. The molecule has 0 spiro atoms. The van der Waals surface area contributed by atoms with Gasteiger partial charge in [-0.25, -0.2) is 28.4 Å². The van der Waals surface area contributed by atoms with Crippen LogP contribution < -0.4 is 9.46 Å². The molecule has 13 nitrogen and oxygen atoms in total. The number of ether oxygens (including phenoxy) is 2. The number of sulfonamides is 1. The Morgan fingerprint density at radius 3 is 2.74 bits per heavy atom. The van der Waals surface area contributed by atoms with Crippen molar-refractivity contribution < 1.29 is 23.0 Å². The van der Waals surface area contributed by atoms with Gasteiger partial charge in [-0.3, -0.25) is 9.29 Å². The molecule has 0 aliphatic carbocycles. The molecule has 0 atom stereocenters. The van der Waals surface area contributed by atoms with Gasteiger partial charge < -0.3 is 14.6 Å². The molecule has 0 fully saturated rings. The number of aromatic nitrogens is 6. The lowest BCUT2D eigenvalue weighted by molar-refractivity contribution is 0.330. The van der Waals surface area contributed by atoms with Gasteiger partial charge in [-0.15, -0.1) is 10.2 Å². The largest absolute Gasteiger partial charge is 0.506 e. The highest BCUT2D eigenvalue weighted by Gasteiger charge is 2.25. The fourth-order valence-corrected chi connectivity index (χ4v) is 4.74. The van der Waals surface area contributed by atoms with E-state index in [1.165, 1.54) is 42.3 Å². The molecule has 0 bridgehead atoms. The van der Waals surface area contributed by atoms with Crippen LogP contribution in [0.4, 0.5) is 5.82 Å². The number of anilines is 1. The fourth-order valence-electron chi connectivity index (χ4n) is 3.66. The van der Waals surface area contributed by atoms with Crippen molar-refractivity contribution in [3.05, 3.63) is 70.9 Å². The summed E-state index contributed by atoms with van der Waals surface area (Å²) in [5.74, 6) is 0.0626. The molecule has 2 N–H and O–H groups in total. The van der Waals surface area contributed by atoms with E-state index in [-0.39, 0.29) is 56.7 Å². The quantitative estimate of drug-likeness (QED) is 0.302. The number of para-hydroxylation sites is 1. The minimum atomic E-state index is -3.99. The smallest absolute Gasteiger partial charge is 0.241 e. The normalized spacial score (nSPS) is 12.8. The van der Waals surface area contributed by atoms with Gasteiger partial charge in [0.15, 0.2) is 17.3 Å². The van der Waals surface area contributed by atoms with Crippen molar-refractivity contribution in [2.45, 2.75) is 12.7 Å². The van der Waals surface area contributed by atoms with E-state index in [4.69, 9.17) is 21.1 Å². The van der Waals surface area contributed by atoms with Crippen LogP contribution in [0.3, 0.4) is 0 Å². The first-order chi connectivity index (χ1) is 18.8. The summed E-state index contributed by atoms with van der Waals surface area (Å²) in [5, 5.41) is 19.2. The number of hydrogen-bond donors (Lipinski definition) is 2. The molecule has 0 saturated heterocycles. The lowest BCUT2D eigenvalue weighted by atomic mass is 10.2. The van der Waals surface area contributed by atoms with E-state index in [1.807, 2.05) is 6.92 Å². The molecule has 198 valence electrons. The molecular formula is C24H19ClN8O5S. The van der Waals surface area contributed by atoms with Gasteiger partial charge in [0.1, 0.15) is 28.8 Å². The second kappa shape index (κ2) is 10.6. The Balaban J connectivity index is 1.65. The van der Waals surface area contributed by atoms with Crippen molar-refractivity contribution in [2.75, 3.05) is 18.4 Å². The number of nitrogens with zero attached hydrogens (tertiary/aromatic N) is 7. The summed E-state index contributed by atoms with van der Waals surface area (Å²) in [7, 11) is -2.54. The van der Waals surface area contributed by atoms with Crippen molar-refractivity contribution in [3.63, 3.8) is 0 Å². The molecular weight excluding hydrogens is 548 g/mol. The van der Waals surface area contributed by atoms with Gasteiger partial charge in [0.05, 0.1) is 30.3 Å². The fraction of sp³-hybridized carbons (Fsp3) is 0.167. The highest BCUT2D eigenvalue weighted by molar-refractivity contribution is 7.91. The van der Waals surface area contributed by atoms with Crippen molar-refractivity contribution in [2.24, 2.45) is 4.99 Å². The standard InChI is InChI=1S/C24H19ClN8O5S/c1-3-38-21-9-4-6-15(28-21)24-29-23-16(33(24)22-17(34)7-5-8-18(22)37-2)10-19(30-31-23)32-39(35,36)13-20-26-11-14(25)12-27-20/h5,7-12,34H,3,13H2,1-2H3,(H,30,32). The minimum absolute atomic E-state index is 0.0410. The van der Waals surface area contributed by atoms with Gasteiger partial charge >= 0.3 is 0 Å². The molecule has 0 radical (unpaired) electrons. The Morgan fingerprint density at radius 1 is 1.21 bits per heavy atom. The number of halogens is 1. The van der Waals surface area contributed by atoms with Gasteiger partial charge in [0, 0.05) is 18.5 Å². The van der Waals surface area contributed by atoms with E-state index in [0.717, 1.165) is 0 Å². The van der Waals surface area contributed by atoms with Gasteiger partial charge in [0.2, 0.25) is 21.6 Å². The first-order valence-corrected chi connectivity index (χ1v) is 13.3. The predicted octanol–water partition coefficient (Wildman–Crippen LogP) is 3.01. The lowest BCUT2D eigenvalue weighted by Gasteiger charge is -2.15. The number of aliphatic imine (C=N–C) groups is 1. The van der Waals surface area contributed by atoms with E-state index in [2.05, 4.69) is 46.3 Å². The average molecular weight is 567 g/mol. The summed E-state index contributed by atoms with van der Waals surface area (Å²) < 4.78 is 40.5. The molecule has 3 aromatic heterocycles.